The van der Waals surface area contributed by atoms with Crippen LogP contribution < -0.4 is 14.8 Å². The van der Waals surface area contributed by atoms with Gasteiger partial charge < -0.3 is 14.8 Å². The lowest BCUT2D eigenvalue weighted by atomic mass is 10.1. The Labute approximate surface area is 190 Å². The molecule has 0 aliphatic carbocycles. The maximum atomic E-state index is 12.4. The second kappa shape index (κ2) is 9.98. The van der Waals surface area contributed by atoms with Gasteiger partial charge in [0.2, 0.25) is 0 Å². The standard InChI is InChI=1S/C25H20N2O4S/c1-2-30-21-15-17(13-14-20(21)31-24(29)18-9-5-3-6-10-18)16-22-23(28)27-25(32-22)26-19-11-7-4-8-12-19/h3-16H,2H2,1H3,(H,26,27,28)/b22-16-. The molecule has 1 amide bonds. The van der Waals surface area contributed by atoms with Crippen molar-refractivity contribution in [1.29, 1.82) is 0 Å². The largest absolute Gasteiger partial charge is 0.490 e. The quantitative estimate of drug-likeness (QED) is 0.321. The average Bonchev–Trinajstić information content (AvgIpc) is 3.15. The SMILES string of the molecule is CCOc1cc(/C=C2\SC(=Nc3ccccc3)NC2=O)ccc1OC(=O)c1ccccc1. The van der Waals surface area contributed by atoms with Gasteiger partial charge in [0.05, 0.1) is 22.8 Å². The highest BCUT2D eigenvalue weighted by molar-refractivity contribution is 8.18. The first-order valence-electron chi connectivity index (χ1n) is 10.0. The monoisotopic (exact) mass is 444 g/mol. The molecule has 0 radical (unpaired) electrons. The van der Waals surface area contributed by atoms with Crippen LogP contribution in [0.5, 0.6) is 11.5 Å². The molecule has 1 aliphatic rings. The van der Waals surface area contributed by atoms with Crippen molar-refractivity contribution in [2.75, 3.05) is 6.61 Å². The molecular formula is C25H20N2O4S. The van der Waals surface area contributed by atoms with Crippen LogP contribution in [0.4, 0.5) is 5.69 Å². The van der Waals surface area contributed by atoms with Crippen molar-refractivity contribution < 1.29 is 19.1 Å². The van der Waals surface area contributed by atoms with Crippen molar-refractivity contribution >= 4 is 40.6 Å². The van der Waals surface area contributed by atoms with Crippen LogP contribution in [-0.4, -0.2) is 23.7 Å². The van der Waals surface area contributed by atoms with Crippen LogP contribution in [0, 0.1) is 0 Å². The number of benzene rings is 3. The van der Waals surface area contributed by atoms with E-state index in [1.807, 2.05) is 43.3 Å². The van der Waals surface area contributed by atoms with Crippen LogP contribution >= 0.6 is 11.8 Å². The molecule has 0 atom stereocenters. The van der Waals surface area contributed by atoms with Crippen LogP contribution in [0.3, 0.4) is 0 Å². The van der Waals surface area contributed by atoms with Crippen LogP contribution in [0.25, 0.3) is 6.08 Å². The molecule has 6 nitrogen and oxygen atoms in total. The van der Waals surface area contributed by atoms with E-state index in [4.69, 9.17) is 9.47 Å². The normalized spacial score (nSPS) is 15.6. The number of aliphatic imine (C=N–C) groups is 1. The van der Waals surface area contributed by atoms with Gasteiger partial charge in [-0.25, -0.2) is 9.79 Å². The summed E-state index contributed by atoms with van der Waals surface area (Å²) in [4.78, 5) is 29.7. The average molecular weight is 445 g/mol. The number of hydrogen-bond donors (Lipinski definition) is 1. The molecule has 0 aromatic heterocycles. The Hall–Kier alpha value is -3.84. The summed E-state index contributed by atoms with van der Waals surface area (Å²) in [7, 11) is 0. The molecule has 0 saturated carbocycles. The molecule has 0 bridgehead atoms. The zero-order valence-electron chi connectivity index (χ0n) is 17.3. The van der Waals surface area contributed by atoms with E-state index in [0.29, 0.717) is 33.7 Å². The van der Waals surface area contributed by atoms with E-state index < -0.39 is 5.97 Å². The predicted molar refractivity (Wildman–Crippen MR) is 126 cm³/mol. The topological polar surface area (TPSA) is 77.0 Å². The van der Waals surface area contributed by atoms with Crippen LogP contribution in [-0.2, 0) is 4.79 Å². The molecule has 1 heterocycles. The van der Waals surface area contributed by atoms with Crippen LogP contribution in [0.15, 0.2) is 88.8 Å². The molecule has 4 rings (SSSR count). The van der Waals surface area contributed by atoms with Crippen molar-refractivity contribution in [2.24, 2.45) is 4.99 Å². The van der Waals surface area contributed by atoms with Gasteiger partial charge in [-0.15, -0.1) is 0 Å². The molecule has 3 aromatic carbocycles. The molecule has 160 valence electrons. The minimum Gasteiger partial charge on any atom is -0.490 e. The summed E-state index contributed by atoms with van der Waals surface area (Å²) in [6.07, 6.45) is 1.75. The number of ether oxygens (including phenoxy) is 2. The molecule has 1 aliphatic heterocycles. The lowest BCUT2D eigenvalue weighted by molar-refractivity contribution is -0.115. The zero-order chi connectivity index (χ0) is 22.3. The smallest absolute Gasteiger partial charge is 0.343 e. The van der Waals surface area contributed by atoms with Crippen molar-refractivity contribution in [3.63, 3.8) is 0 Å². The van der Waals surface area contributed by atoms with Gasteiger partial charge in [0.15, 0.2) is 16.7 Å². The second-order valence-corrected chi connectivity index (χ2v) is 7.74. The molecule has 1 fully saturated rings. The highest BCUT2D eigenvalue weighted by Crippen LogP contribution is 2.33. The van der Waals surface area contributed by atoms with Crippen molar-refractivity contribution in [3.05, 3.63) is 94.9 Å². The van der Waals surface area contributed by atoms with Gasteiger partial charge in [-0.1, -0.05) is 42.5 Å². The number of nitrogens with one attached hydrogen (secondary N) is 1. The highest BCUT2D eigenvalue weighted by atomic mass is 32.2. The summed E-state index contributed by atoms with van der Waals surface area (Å²) in [5.74, 6) is 0.0535. The Balaban J connectivity index is 1.54. The molecule has 0 spiro atoms. The lowest BCUT2D eigenvalue weighted by Gasteiger charge is -2.11. The fraction of sp³-hybridized carbons (Fsp3) is 0.0800. The number of amidine groups is 1. The van der Waals surface area contributed by atoms with E-state index >= 15 is 0 Å². The molecule has 3 aromatic rings. The number of thioether (sulfide) groups is 1. The molecule has 1 saturated heterocycles. The number of para-hydroxylation sites is 1. The maximum absolute atomic E-state index is 12.4. The number of carbonyl (C=O) groups excluding carboxylic acids is 2. The first-order valence-corrected chi connectivity index (χ1v) is 10.8. The summed E-state index contributed by atoms with van der Waals surface area (Å²) in [5, 5.41) is 3.29. The Morgan fingerprint density at radius 1 is 1.00 bits per heavy atom. The zero-order valence-corrected chi connectivity index (χ0v) is 18.1. The van der Waals surface area contributed by atoms with E-state index in [1.54, 1.807) is 48.5 Å². The molecular weight excluding hydrogens is 424 g/mol. The van der Waals surface area contributed by atoms with Gasteiger partial charge in [0.25, 0.3) is 5.91 Å². The predicted octanol–water partition coefficient (Wildman–Crippen LogP) is 5.20. The van der Waals surface area contributed by atoms with Crippen LogP contribution in [0.1, 0.15) is 22.8 Å². The molecule has 1 N–H and O–H groups in total. The van der Waals surface area contributed by atoms with E-state index in [-0.39, 0.29) is 5.91 Å². The summed E-state index contributed by atoms with van der Waals surface area (Å²) < 4.78 is 11.2. The minimum absolute atomic E-state index is 0.220. The molecule has 0 unspecified atom stereocenters. The molecule has 32 heavy (non-hydrogen) atoms. The summed E-state index contributed by atoms with van der Waals surface area (Å²) in [6, 6.07) is 23.3. The minimum atomic E-state index is -0.467. The van der Waals surface area contributed by atoms with Crippen molar-refractivity contribution in [1.82, 2.24) is 5.32 Å². The third-order valence-electron chi connectivity index (χ3n) is 4.42. The van der Waals surface area contributed by atoms with Gasteiger partial charge >= 0.3 is 5.97 Å². The maximum Gasteiger partial charge on any atom is 0.343 e. The summed E-state index contributed by atoms with van der Waals surface area (Å²) in [5.41, 5.74) is 1.96. The Morgan fingerprint density at radius 2 is 1.72 bits per heavy atom. The van der Waals surface area contributed by atoms with E-state index in [2.05, 4.69) is 10.3 Å². The Kier molecular flexibility index (Phi) is 6.67. The number of rotatable bonds is 6. The Bertz CT molecular complexity index is 1190. The van der Waals surface area contributed by atoms with Gasteiger partial charge in [0, 0.05) is 0 Å². The number of esters is 1. The Morgan fingerprint density at radius 3 is 2.44 bits per heavy atom. The van der Waals surface area contributed by atoms with Gasteiger partial charge in [-0.2, -0.15) is 0 Å². The number of hydrogen-bond acceptors (Lipinski definition) is 6. The summed E-state index contributed by atoms with van der Waals surface area (Å²) >= 11 is 1.26. The van der Waals surface area contributed by atoms with E-state index in [0.717, 1.165) is 11.3 Å². The van der Waals surface area contributed by atoms with Gasteiger partial charge in [0.1, 0.15) is 0 Å². The van der Waals surface area contributed by atoms with Gasteiger partial charge in [-0.3, -0.25) is 4.79 Å². The third kappa shape index (κ3) is 5.25. The van der Waals surface area contributed by atoms with E-state index in [1.165, 1.54) is 11.8 Å². The number of amides is 1. The molecule has 7 heteroatoms. The first-order chi connectivity index (χ1) is 15.6. The van der Waals surface area contributed by atoms with Crippen molar-refractivity contribution in [2.45, 2.75) is 6.92 Å². The van der Waals surface area contributed by atoms with Crippen LogP contribution in [0.2, 0.25) is 0 Å². The lowest BCUT2D eigenvalue weighted by Crippen LogP contribution is -2.19. The third-order valence-corrected chi connectivity index (χ3v) is 5.33. The number of carbonyl (C=O) groups is 2. The fourth-order valence-electron chi connectivity index (χ4n) is 2.95. The summed E-state index contributed by atoms with van der Waals surface area (Å²) in [6.45, 7) is 2.25. The first kappa shape index (κ1) is 21.4. The van der Waals surface area contributed by atoms with Gasteiger partial charge in [-0.05, 0) is 66.7 Å². The fourth-order valence-corrected chi connectivity index (χ4v) is 3.79. The van der Waals surface area contributed by atoms with E-state index in [9.17, 15) is 9.59 Å². The van der Waals surface area contributed by atoms with Crippen molar-refractivity contribution in [3.8, 4) is 11.5 Å². The highest BCUT2D eigenvalue weighted by Gasteiger charge is 2.24. The second-order valence-electron chi connectivity index (χ2n) is 6.71. The number of nitrogens with zero attached hydrogens (tertiary/aromatic N) is 1.